The van der Waals surface area contributed by atoms with E-state index in [4.69, 9.17) is 16.3 Å². The van der Waals surface area contributed by atoms with Crippen molar-refractivity contribution in [3.8, 4) is 5.75 Å². The fourth-order valence-electron chi connectivity index (χ4n) is 3.09. The van der Waals surface area contributed by atoms with E-state index < -0.39 is 0 Å². The van der Waals surface area contributed by atoms with Gasteiger partial charge in [-0.2, -0.15) is 0 Å². The van der Waals surface area contributed by atoms with Crippen molar-refractivity contribution in [3.63, 3.8) is 0 Å². The number of ether oxygens (including phenoxy) is 1. The van der Waals surface area contributed by atoms with Gasteiger partial charge in [0.1, 0.15) is 5.75 Å². The van der Waals surface area contributed by atoms with Crippen molar-refractivity contribution in [2.75, 3.05) is 32.1 Å². The standard InChI is InChI=1S/C17H27ClN2O/c1-5-20-8-6-7-14(11-20)13(3)19-16-9-12(2)15(18)10-17(16)21-4/h9-10,13-14,19H,5-8,11H2,1-4H3. The maximum atomic E-state index is 6.17. The van der Waals surface area contributed by atoms with Crippen molar-refractivity contribution in [1.29, 1.82) is 0 Å². The van der Waals surface area contributed by atoms with Gasteiger partial charge >= 0.3 is 0 Å². The topological polar surface area (TPSA) is 24.5 Å². The van der Waals surface area contributed by atoms with Gasteiger partial charge in [-0.3, -0.25) is 0 Å². The summed E-state index contributed by atoms with van der Waals surface area (Å²) in [5, 5.41) is 4.38. The second-order valence-electron chi connectivity index (χ2n) is 6.03. The van der Waals surface area contributed by atoms with Gasteiger partial charge in [0.05, 0.1) is 12.8 Å². The van der Waals surface area contributed by atoms with E-state index in [0.717, 1.165) is 28.6 Å². The van der Waals surface area contributed by atoms with Crippen molar-refractivity contribution < 1.29 is 4.74 Å². The molecule has 2 rings (SSSR count). The minimum atomic E-state index is 0.425. The number of hydrogen-bond donors (Lipinski definition) is 1. The van der Waals surface area contributed by atoms with E-state index in [9.17, 15) is 0 Å². The molecule has 0 amide bonds. The Labute approximate surface area is 133 Å². The second kappa shape index (κ2) is 7.37. The lowest BCUT2D eigenvalue weighted by atomic mass is 9.91. The molecule has 0 aromatic heterocycles. The molecule has 21 heavy (non-hydrogen) atoms. The van der Waals surface area contributed by atoms with E-state index in [-0.39, 0.29) is 0 Å². The van der Waals surface area contributed by atoms with Crippen LogP contribution in [0.15, 0.2) is 12.1 Å². The fraction of sp³-hybridized carbons (Fsp3) is 0.647. The van der Waals surface area contributed by atoms with Crippen LogP contribution in [0, 0.1) is 12.8 Å². The number of piperidine rings is 1. The van der Waals surface area contributed by atoms with E-state index in [0.29, 0.717) is 12.0 Å². The van der Waals surface area contributed by atoms with Gasteiger partial charge in [0, 0.05) is 23.7 Å². The first-order chi connectivity index (χ1) is 10.0. The molecule has 4 heteroatoms. The van der Waals surface area contributed by atoms with Gasteiger partial charge in [-0.15, -0.1) is 0 Å². The zero-order valence-corrected chi connectivity index (χ0v) is 14.3. The molecule has 1 aliphatic heterocycles. The molecule has 0 aliphatic carbocycles. The lowest BCUT2D eigenvalue weighted by Crippen LogP contribution is -2.41. The molecule has 0 radical (unpaired) electrons. The first kappa shape index (κ1) is 16.4. The highest BCUT2D eigenvalue weighted by molar-refractivity contribution is 6.31. The SMILES string of the molecule is CCN1CCCC(C(C)Nc2cc(C)c(Cl)cc2OC)C1. The third-order valence-corrected chi connectivity index (χ3v) is 4.97. The molecule has 1 fully saturated rings. The summed E-state index contributed by atoms with van der Waals surface area (Å²) in [5.74, 6) is 1.50. The minimum Gasteiger partial charge on any atom is -0.495 e. The van der Waals surface area contributed by atoms with Crippen LogP contribution in [0.1, 0.15) is 32.3 Å². The number of halogens is 1. The molecular formula is C17H27ClN2O. The summed E-state index contributed by atoms with van der Waals surface area (Å²) in [4.78, 5) is 2.54. The van der Waals surface area contributed by atoms with E-state index in [1.54, 1.807) is 7.11 Å². The van der Waals surface area contributed by atoms with Crippen molar-refractivity contribution in [3.05, 3.63) is 22.7 Å². The zero-order valence-electron chi connectivity index (χ0n) is 13.6. The van der Waals surface area contributed by atoms with Crippen LogP contribution in [0.5, 0.6) is 5.75 Å². The van der Waals surface area contributed by atoms with Gasteiger partial charge in [0.15, 0.2) is 0 Å². The first-order valence-electron chi connectivity index (χ1n) is 7.88. The number of aryl methyl sites for hydroxylation is 1. The first-order valence-corrected chi connectivity index (χ1v) is 8.26. The van der Waals surface area contributed by atoms with Crippen LogP contribution < -0.4 is 10.1 Å². The van der Waals surface area contributed by atoms with Gasteiger partial charge < -0.3 is 15.0 Å². The molecule has 118 valence electrons. The monoisotopic (exact) mass is 310 g/mol. The van der Waals surface area contributed by atoms with E-state index in [1.807, 2.05) is 13.0 Å². The molecule has 0 spiro atoms. The lowest BCUT2D eigenvalue weighted by molar-refractivity contribution is 0.172. The average Bonchev–Trinajstić information content (AvgIpc) is 2.50. The molecule has 1 N–H and O–H groups in total. The van der Waals surface area contributed by atoms with E-state index in [2.05, 4.69) is 30.1 Å². The minimum absolute atomic E-state index is 0.425. The number of nitrogens with zero attached hydrogens (tertiary/aromatic N) is 1. The van der Waals surface area contributed by atoms with Gasteiger partial charge in [0.25, 0.3) is 0 Å². The number of likely N-dealkylation sites (tertiary alicyclic amines) is 1. The van der Waals surface area contributed by atoms with Crippen molar-refractivity contribution in [2.45, 2.75) is 39.7 Å². The molecule has 2 atom stereocenters. The molecular weight excluding hydrogens is 284 g/mol. The van der Waals surface area contributed by atoms with Crippen molar-refractivity contribution >= 4 is 17.3 Å². The van der Waals surface area contributed by atoms with Gasteiger partial charge in [-0.25, -0.2) is 0 Å². The fourth-order valence-corrected chi connectivity index (χ4v) is 3.25. The molecule has 0 saturated carbocycles. The highest BCUT2D eigenvalue weighted by Crippen LogP contribution is 2.32. The van der Waals surface area contributed by atoms with Gasteiger partial charge in [-0.05, 0) is 57.3 Å². The molecule has 2 unspecified atom stereocenters. The van der Waals surface area contributed by atoms with E-state index in [1.165, 1.54) is 25.9 Å². The van der Waals surface area contributed by atoms with E-state index >= 15 is 0 Å². The lowest BCUT2D eigenvalue weighted by Gasteiger charge is -2.36. The Morgan fingerprint density at radius 3 is 2.90 bits per heavy atom. The predicted molar refractivity (Wildman–Crippen MR) is 90.7 cm³/mol. The number of anilines is 1. The summed E-state index contributed by atoms with van der Waals surface area (Å²) in [7, 11) is 1.69. The Morgan fingerprint density at radius 1 is 1.48 bits per heavy atom. The molecule has 1 heterocycles. The third-order valence-electron chi connectivity index (χ3n) is 4.56. The maximum Gasteiger partial charge on any atom is 0.143 e. The Bertz CT molecular complexity index is 478. The number of rotatable bonds is 5. The zero-order chi connectivity index (χ0) is 15.4. The van der Waals surface area contributed by atoms with Crippen molar-refractivity contribution in [1.82, 2.24) is 4.90 Å². The van der Waals surface area contributed by atoms with Gasteiger partial charge in [0.2, 0.25) is 0 Å². The Balaban J connectivity index is 2.08. The largest absolute Gasteiger partial charge is 0.495 e. The maximum absolute atomic E-state index is 6.17. The smallest absolute Gasteiger partial charge is 0.143 e. The summed E-state index contributed by atoms with van der Waals surface area (Å²) in [6, 6.07) is 4.40. The van der Waals surface area contributed by atoms with Crippen molar-refractivity contribution in [2.24, 2.45) is 5.92 Å². The Hall–Kier alpha value is -0.930. The van der Waals surface area contributed by atoms with Crippen LogP contribution in [0.4, 0.5) is 5.69 Å². The molecule has 1 saturated heterocycles. The highest BCUT2D eigenvalue weighted by Gasteiger charge is 2.24. The normalized spacial score (nSPS) is 21.1. The number of methoxy groups -OCH3 is 1. The summed E-state index contributed by atoms with van der Waals surface area (Å²) in [6.45, 7) is 10.1. The molecule has 1 aromatic rings. The summed E-state index contributed by atoms with van der Waals surface area (Å²) >= 11 is 6.17. The van der Waals surface area contributed by atoms with Crippen LogP contribution in [0.25, 0.3) is 0 Å². The molecule has 0 bridgehead atoms. The number of nitrogens with one attached hydrogen (secondary N) is 1. The number of benzene rings is 1. The molecule has 1 aromatic carbocycles. The van der Waals surface area contributed by atoms with Crippen LogP contribution >= 0.6 is 11.6 Å². The van der Waals surface area contributed by atoms with Crippen LogP contribution in [0.3, 0.4) is 0 Å². The van der Waals surface area contributed by atoms with Crippen LogP contribution in [0.2, 0.25) is 5.02 Å². The third kappa shape index (κ3) is 4.04. The average molecular weight is 311 g/mol. The number of hydrogen-bond acceptors (Lipinski definition) is 3. The quantitative estimate of drug-likeness (QED) is 0.882. The van der Waals surface area contributed by atoms with Gasteiger partial charge in [-0.1, -0.05) is 18.5 Å². The summed E-state index contributed by atoms with van der Waals surface area (Å²) in [5.41, 5.74) is 2.12. The molecule has 1 aliphatic rings. The molecule has 3 nitrogen and oxygen atoms in total. The summed E-state index contributed by atoms with van der Waals surface area (Å²) in [6.07, 6.45) is 2.58. The summed E-state index contributed by atoms with van der Waals surface area (Å²) < 4.78 is 5.45. The highest BCUT2D eigenvalue weighted by atomic mass is 35.5. The van der Waals surface area contributed by atoms with Crippen LogP contribution in [-0.2, 0) is 0 Å². The Kier molecular flexibility index (Phi) is 5.77. The van der Waals surface area contributed by atoms with Crippen LogP contribution in [-0.4, -0.2) is 37.7 Å². The predicted octanol–water partition coefficient (Wildman–Crippen LogP) is 4.19. The second-order valence-corrected chi connectivity index (χ2v) is 6.44. The Morgan fingerprint density at radius 2 is 2.24 bits per heavy atom.